The summed E-state index contributed by atoms with van der Waals surface area (Å²) in [5.74, 6) is -0.844. The van der Waals surface area contributed by atoms with E-state index in [1.54, 1.807) is 31.2 Å². The first-order valence-electron chi connectivity index (χ1n) is 10.0. The maximum Gasteiger partial charge on any atom is 0.341 e. The molecule has 4 rings (SSSR count). The Bertz CT molecular complexity index is 1110. The second kappa shape index (κ2) is 9.49. The lowest BCUT2D eigenvalue weighted by Crippen LogP contribution is -2.24. The minimum absolute atomic E-state index is 0.00846. The van der Waals surface area contributed by atoms with Gasteiger partial charge in [0.25, 0.3) is 5.91 Å². The molecular formula is C24H21NO4S2. The Morgan fingerprint density at radius 3 is 2.45 bits per heavy atom. The number of Topliss-reactive ketones (excluding diaryl/α,β-unsaturated/α-hetero) is 1. The van der Waals surface area contributed by atoms with Crippen LogP contribution in [-0.4, -0.2) is 29.5 Å². The highest BCUT2D eigenvalue weighted by molar-refractivity contribution is 8.00. The molecule has 2 aromatic carbocycles. The van der Waals surface area contributed by atoms with Gasteiger partial charge in [0.15, 0.2) is 5.78 Å². The SMILES string of the molecule is CCOC(=O)c1c(NC(=O)c2ccccc2)sc2c1CC[C@@H](Sc1ccccc1)C2=O. The zero-order valence-corrected chi connectivity index (χ0v) is 18.6. The largest absolute Gasteiger partial charge is 0.462 e. The van der Waals surface area contributed by atoms with Crippen LogP contribution in [0, 0.1) is 0 Å². The Morgan fingerprint density at radius 1 is 1.10 bits per heavy atom. The number of fused-ring (bicyclic) bond motifs is 1. The number of thioether (sulfide) groups is 1. The second-order valence-electron chi connectivity index (χ2n) is 6.98. The van der Waals surface area contributed by atoms with Gasteiger partial charge >= 0.3 is 5.97 Å². The van der Waals surface area contributed by atoms with Gasteiger partial charge in [0.05, 0.1) is 22.3 Å². The van der Waals surface area contributed by atoms with Gasteiger partial charge in [-0.3, -0.25) is 9.59 Å². The lowest BCUT2D eigenvalue weighted by Gasteiger charge is -2.20. The van der Waals surface area contributed by atoms with E-state index in [-0.39, 0.29) is 23.5 Å². The lowest BCUT2D eigenvalue weighted by atomic mass is 9.94. The molecule has 0 aliphatic heterocycles. The van der Waals surface area contributed by atoms with E-state index < -0.39 is 5.97 Å². The third-order valence-corrected chi connectivity index (χ3v) is 7.38. The van der Waals surface area contributed by atoms with Gasteiger partial charge < -0.3 is 10.1 Å². The summed E-state index contributed by atoms with van der Waals surface area (Å²) in [5.41, 5.74) is 1.47. The number of hydrogen-bond donors (Lipinski definition) is 1. The molecule has 0 unspecified atom stereocenters. The van der Waals surface area contributed by atoms with Crippen molar-refractivity contribution in [2.75, 3.05) is 11.9 Å². The average molecular weight is 452 g/mol. The first kappa shape index (κ1) is 21.3. The van der Waals surface area contributed by atoms with E-state index in [0.717, 1.165) is 4.90 Å². The van der Waals surface area contributed by atoms with E-state index >= 15 is 0 Å². The summed E-state index contributed by atoms with van der Waals surface area (Å²) in [6.07, 6.45) is 1.21. The van der Waals surface area contributed by atoms with Crippen molar-refractivity contribution in [2.45, 2.75) is 29.9 Å². The second-order valence-corrected chi connectivity index (χ2v) is 9.27. The van der Waals surface area contributed by atoms with Crippen molar-refractivity contribution in [3.8, 4) is 0 Å². The molecule has 0 spiro atoms. The highest BCUT2D eigenvalue weighted by Gasteiger charge is 2.36. The number of carbonyl (C=O) groups is 3. The number of rotatable bonds is 6. The van der Waals surface area contributed by atoms with Crippen LogP contribution in [0.15, 0.2) is 65.6 Å². The Labute approximate surface area is 188 Å². The van der Waals surface area contributed by atoms with Gasteiger partial charge in [0.1, 0.15) is 5.00 Å². The quantitative estimate of drug-likeness (QED) is 0.504. The number of thiophene rings is 1. The monoisotopic (exact) mass is 451 g/mol. The summed E-state index contributed by atoms with van der Waals surface area (Å²) in [5, 5.41) is 2.98. The number of benzene rings is 2. The van der Waals surface area contributed by atoms with E-state index in [4.69, 9.17) is 4.74 Å². The van der Waals surface area contributed by atoms with Gasteiger partial charge in [0, 0.05) is 10.5 Å². The van der Waals surface area contributed by atoms with Gasteiger partial charge in [-0.1, -0.05) is 36.4 Å². The van der Waals surface area contributed by atoms with E-state index in [1.807, 2.05) is 36.4 Å². The standard InChI is InChI=1S/C24H21NO4S2/c1-2-29-24(28)19-17-13-14-18(30-16-11-7-4-8-12-16)20(26)21(17)31-23(19)25-22(27)15-9-5-3-6-10-15/h3-12,18H,2,13-14H2,1H3,(H,25,27)/t18-/m1/s1. The van der Waals surface area contributed by atoms with Crippen LogP contribution in [0.25, 0.3) is 0 Å². The molecule has 1 aliphatic carbocycles. The Morgan fingerprint density at radius 2 is 1.77 bits per heavy atom. The molecule has 1 N–H and O–H groups in total. The number of hydrogen-bond acceptors (Lipinski definition) is 6. The molecule has 1 aromatic heterocycles. The van der Waals surface area contributed by atoms with Crippen LogP contribution in [0.4, 0.5) is 5.00 Å². The first-order valence-corrected chi connectivity index (χ1v) is 11.7. The first-order chi connectivity index (χ1) is 15.1. The molecule has 0 saturated heterocycles. The van der Waals surface area contributed by atoms with E-state index in [2.05, 4.69) is 5.32 Å². The Balaban J connectivity index is 1.65. The van der Waals surface area contributed by atoms with E-state index in [1.165, 1.54) is 23.1 Å². The van der Waals surface area contributed by atoms with Crippen molar-refractivity contribution in [3.63, 3.8) is 0 Å². The molecule has 0 bridgehead atoms. The molecule has 1 heterocycles. The predicted molar refractivity (Wildman–Crippen MR) is 123 cm³/mol. The highest BCUT2D eigenvalue weighted by atomic mass is 32.2. The third-order valence-electron chi connectivity index (χ3n) is 4.94. The minimum Gasteiger partial charge on any atom is -0.462 e. The summed E-state index contributed by atoms with van der Waals surface area (Å²) in [6.45, 7) is 1.95. The molecule has 0 radical (unpaired) electrons. The van der Waals surface area contributed by atoms with Gasteiger partial charge in [-0.15, -0.1) is 23.1 Å². The van der Waals surface area contributed by atoms with Crippen LogP contribution in [0.1, 0.15) is 49.3 Å². The van der Waals surface area contributed by atoms with Crippen LogP contribution < -0.4 is 5.32 Å². The smallest absolute Gasteiger partial charge is 0.341 e. The normalized spacial score (nSPS) is 15.3. The number of ketones is 1. The fourth-order valence-corrected chi connectivity index (χ4v) is 5.91. The third kappa shape index (κ3) is 4.57. The summed E-state index contributed by atoms with van der Waals surface area (Å²) in [6, 6.07) is 18.6. The molecule has 158 valence electrons. The number of amides is 1. The number of esters is 1. The van der Waals surface area contributed by atoms with Crippen molar-refractivity contribution in [1.29, 1.82) is 0 Å². The number of carbonyl (C=O) groups excluding carboxylic acids is 3. The maximum atomic E-state index is 13.2. The average Bonchev–Trinajstić information content (AvgIpc) is 3.16. The molecular weight excluding hydrogens is 430 g/mol. The zero-order valence-electron chi connectivity index (χ0n) is 16.9. The molecule has 5 nitrogen and oxygen atoms in total. The number of ether oxygens (including phenoxy) is 1. The Kier molecular flexibility index (Phi) is 6.53. The van der Waals surface area contributed by atoms with Crippen molar-refractivity contribution < 1.29 is 19.1 Å². The van der Waals surface area contributed by atoms with Gasteiger partial charge in [-0.05, 0) is 49.6 Å². The summed E-state index contributed by atoms with van der Waals surface area (Å²) in [4.78, 5) is 40.2. The molecule has 1 atom stereocenters. The van der Waals surface area contributed by atoms with Crippen molar-refractivity contribution in [3.05, 3.63) is 82.2 Å². The highest BCUT2D eigenvalue weighted by Crippen LogP contribution is 2.42. The molecule has 1 amide bonds. The summed E-state index contributed by atoms with van der Waals surface area (Å²) >= 11 is 2.70. The molecule has 7 heteroatoms. The minimum atomic E-state index is -0.509. The van der Waals surface area contributed by atoms with Crippen molar-refractivity contribution in [1.82, 2.24) is 0 Å². The zero-order chi connectivity index (χ0) is 21.8. The van der Waals surface area contributed by atoms with E-state index in [9.17, 15) is 14.4 Å². The number of nitrogens with one attached hydrogen (secondary N) is 1. The molecule has 3 aromatic rings. The van der Waals surface area contributed by atoms with Crippen LogP contribution in [0.3, 0.4) is 0 Å². The van der Waals surface area contributed by atoms with Crippen LogP contribution in [0.5, 0.6) is 0 Å². The van der Waals surface area contributed by atoms with Crippen molar-refractivity contribution in [2.24, 2.45) is 0 Å². The number of anilines is 1. The van der Waals surface area contributed by atoms with Crippen LogP contribution in [0.2, 0.25) is 0 Å². The topological polar surface area (TPSA) is 72.5 Å². The van der Waals surface area contributed by atoms with E-state index in [0.29, 0.717) is 39.4 Å². The lowest BCUT2D eigenvalue weighted by molar-refractivity contribution is 0.0527. The summed E-state index contributed by atoms with van der Waals surface area (Å²) in [7, 11) is 0. The molecule has 1 aliphatic rings. The molecule has 31 heavy (non-hydrogen) atoms. The van der Waals surface area contributed by atoms with Crippen LogP contribution >= 0.6 is 23.1 Å². The predicted octanol–water partition coefficient (Wildman–Crippen LogP) is 5.47. The fourth-order valence-electron chi connectivity index (χ4n) is 3.50. The molecule has 0 saturated carbocycles. The Hall–Kier alpha value is -2.90. The fraction of sp³-hybridized carbons (Fsp3) is 0.208. The van der Waals surface area contributed by atoms with Crippen molar-refractivity contribution >= 4 is 45.8 Å². The maximum absolute atomic E-state index is 13.2. The van der Waals surface area contributed by atoms with Gasteiger partial charge in [0.2, 0.25) is 0 Å². The molecule has 0 fully saturated rings. The van der Waals surface area contributed by atoms with Gasteiger partial charge in [-0.2, -0.15) is 0 Å². The summed E-state index contributed by atoms with van der Waals surface area (Å²) < 4.78 is 5.24. The van der Waals surface area contributed by atoms with Gasteiger partial charge in [-0.25, -0.2) is 4.79 Å². The van der Waals surface area contributed by atoms with Crippen LogP contribution in [-0.2, 0) is 11.2 Å².